The number of nitrogens with one attached hydrogen (secondary N) is 1. The van der Waals surface area contributed by atoms with Crippen LogP contribution >= 0.6 is 23.2 Å². The molecule has 1 aromatic carbocycles. The van der Waals surface area contributed by atoms with Crippen molar-refractivity contribution in [1.29, 1.82) is 0 Å². The van der Waals surface area contributed by atoms with E-state index in [0.717, 1.165) is 0 Å². The average Bonchev–Trinajstić information content (AvgIpc) is 2.72. The SMILES string of the molecule is CCn1nc(C)nc1NS(=O)(=O)c1cc(C)c(Cl)cc1Cl. The minimum Gasteiger partial charge on any atom is -0.247 e. The number of hydrogen-bond acceptors (Lipinski definition) is 4. The third kappa shape index (κ3) is 3.30. The highest BCUT2D eigenvalue weighted by molar-refractivity contribution is 7.92. The first-order valence-corrected chi connectivity index (χ1v) is 8.38. The van der Waals surface area contributed by atoms with Gasteiger partial charge in [-0.3, -0.25) is 0 Å². The normalized spacial score (nSPS) is 11.7. The number of nitrogens with zero attached hydrogens (tertiary/aromatic N) is 3. The summed E-state index contributed by atoms with van der Waals surface area (Å²) in [5.41, 5.74) is 0.620. The summed E-state index contributed by atoms with van der Waals surface area (Å²) in [6.07, 6.45) is 0. The van der Waals surface area contributed by atoms with Gasteiger partial charge in [0.25, 0.3) is 10.0 Å². The molecule has 1 aromatic heterocycles. The summed E-state index contributed by atoms with van der Waals surface area (Å²) >= 11 is 11.9. The van der Waals surface area contributed by atoms with Gasteiger partial charge in [0.15, 0.2) is 0 Å². The molecule has 0 unspecified atom stereocenters. The van der Waals surface area contributed by atoms with E-state index in [1.165, 1.54) is 16.8 Å². The molecule has 21 heavy (non-hydrogen) atoms. The Bertz CT molecular complexity index is 787. The molecule has 0 atom stereocenters. The number of anilines is 1. The number of aromatic nitrogens is 3. The van der Waals surface area contributed by atoms with Crippen LogP contribution in [0.5, 0.6) is 0 Å². The lowest BCUT2D eigenvalue weighted by Crippen LogP contribution is -2.17. The van der Waals surface area contributed by atoms with Gasteiger partial charge >= 0.3 is 0 Å². The first kappa shape index (κ1) is 16.1. The van der Waals surface area contributed by atoms with Crippen molar-refractivity contribution in [2.45, 2.75) is 32.2 Å². The molecule has 1 heterocycles. The summed E-state index contributed by atoms with van der Waals surface area (Å²) in [6, 6.07) is 2.83. The second kappa shape index (κ2) is 5.82. The minimum atomic E-state index is -3.87. The first-order valence-electron chi connectivity index (χ1n) is 6.14. The molecule has 0 spiro atoms. The van der Waals surface area contributed by atoms with Crippen LogP contribution in [-0.4, -0.2) is 23.2 Å². The summed E-state index contributed by atoms with van der Waals surface area (Å²) < 4.78 is 28.7. The van der Waals surface area contributed by atoms with Crippen molar-refractivity contribution in [2.24, 2.45) is 0 Å². The van der Waals surface area contributed by atoms with Crippen molar-refractivity contribution in [3.63, 3.8) is 0 Å². The van der Waals surface area contributed by atoms with Crippen LogP contribution in [0.2, 0.25) is 10.0 Å². The fraction of sp³-hybridized carbons (Fsp3) is 0.333. The predicted molar refractivity (Wildman–Crippen MR) is 82.4 cm³/mol. The van der Waals surface area contributed by atoms with Crippen molar-refractivity contribution in [3.8, 4) is 0 Å². The van der Waals surface area contributed by atoms with Crippen LogP contribution in [-0.2, 0) is 16.6 Å². The van der Waals surface area contributed by atoms with E-state index in [9.17, 15) is 8.42 Å². The van der Waals surface area contributed by atoms with Crippen molar-refractivity contribution in [2.75, 3.05) is 4.72 Å². The second-order valence-electron chi connectivity index (χ2n) is 4.44. The van der Waals surface area contributed by atoms with Crippen molar-refractivity contribution in [3.05, 3.63) is 33.6 Å². The Morgan fingerprint density at radius 3 is 2.52 bits per heavy atom. The number of rotatable bonds is 4. The topological polar surface area (TPSA) is 76.9 Å². The third-order valence-corrected chi connectivity index (χ3v) is 5.01. The van der Waals surface area contributed by atoms with Gasteiger partial charge in [0.2, 0.25) is 5.95 Å². The highest BCUT2D eigenvalue weighted by Gasteiger charge is 2.22. The molecular formula is C12H14Cl2N4O2S. The number of hydrogen-bond donors (Lipinski definition) is 1. The average molecular weight is 349 g/mol. The maximum atomic E-state index is 12.4. The Morgan fingerprint density at radius 1 is 1.24 bits per heavy atom. The molecule has 0 amide bonds. The smallest absolute Gasteiger partial charge is 0.247 e. The second-order valence-corrected chi connectivity index (χ2v) is 6.90. The van der Waals surface area contributed by atoms with E-state index in [-0.39, 0.29) is 15.9 Å². The Kier molecular flexibility index (Phi) is 4.46. The maximum Gasteiger partial charge on any atom is 0.265 e. The zero-order valence-electron chi connectivity index (χ0n) is 11.7. The number of sulfonamides is 1. The Labute approximate surface area is 133 Å². The van der Waals surface area contributed by atoms with Gasteiger partial charge in [-0.2, -0.15) is 10.1 Å². The van der Waals surface area contributed by atoms with Crippen LogP contribution in [0.3, 0.4) is 0 Å². The van der Waals surface area contributed by atoms with Crippen LogP contribution in [0.1, 0.15) is 18.3 Å². The molecule has 114 valence electrons. The first-order chi connectivity index (χ1) is 9.74. The molecule has 6 nitrogen and oxygen atoms in total. The lowest BCUT2D eigenvalue weighted by Gasteiger charge is -2.10. The molecule has 1 N–H and O–H groups in total. The number of halogens is 2. The van der Waals surface area contributed by atoms with E-state index in [1.807, 2.05) is 6.92 Å². The molecule has 0 bridgehead atoms. The number of aryl methyl sites for hydroxylation is 3. The van der Waals surface area contributed by atoms with Crippen LogP contribution in [0.4, 0.5) is 5.95 Å². The summed E-state index contributed by atoms with van der Waals surface area (Å²) in [7, 11) is -3.87. The zero-order valence-corrected chi connectivity index (χ0v) is 14.0. The molecule has 0 aliphatic rings. The van der Waals surface area contributed by atoms with Crippen LogP contribution in [0.25, 0.3) is 0 Å². The van der Waals surface area contributed by atoms with Crippen molar-refractivity contribution in [1.82, 2.24) is 14.8 Å². The van der Waals surface area contributed by atoms with E-state index >= 15 is 0 Å². The van der Waals surface area contributed by atoms with Gasteiger partial charge in [0, 0.05) is 11.6 Å². The van der Waals surface area contributed by atoms with Crippen LogP contribution < -0.4 is 4.72 Å². The standard InChI is InChI=1S/C12H14Cl2N4O2S/c1-4-18-12(15-8(3)16-18)17-21(19,20)11-5-7(2)9(13)6-10(11)14/h5-6H,4H2,1-3H3,(H,15,16,17). The fourth-order valence-electron chi connectivity index (χ4n) is 1.76. The Morgan fingerprint density at radius 2 is 1.90 bits per heavy atom. The third-order valence-electron chi connectivity index (χ3n) is 2.81. The van der Waals surface area contributed by atoms with E-state index in [0.29, 0.717) is 23.0 Å². The summed E-state index contributed by atoms with van der Waals surface area (Å²) in [6.45, 7) is 5.72. The van der Waals surface area contributed by atoms with Gasteiger partial charge in [-0.05, 0) is 38.5 Å². The van der Waals surface area contributed by atoms with Gasteiger partial charge in [0.05, 0.1) is 5.02 Å². The van der Waals surface area contributed by atoms with Gasteiger partial charge in [0.1, 0.15) is 10.7 Å². The van der Waals surface area contributed by atoms with E-state index in [2.05, 4.69) is 14.8 Å². The monoisotopic (exact) mass is 348 g/mol. The minimum absolute atomic E-state index is 0.0469. The Balaban J connectivity index is 2.45. The zero-order chi connectivity index (χ0) is 15.8. The van der Waals surface area contributed by atoms with Gasteiger partial charge in [-0.25, -0.2) is 17.8 Å². The highest BCUT2D eigenvalue weighted by atomic mass is 35.5. The van der Waals surface area contributed by atoms with Crippen molar-refractivity contribution < 1.29 is 8.42 Å². The van der Waals surface area contributed by atoms with Gasteiger partial charge in [-0.1, -0.05) is 23.2 Å². The van der Waals surface area contributed by atoms with Gasteiger partial charge in [-0.15, -0.1) is 0 Å². The molecule has 2 rings (SSSR count). The number of benzene rings is 1. The van der Waals surface area contributed by atoms with Crippen molar-refractivity contribution >= 4 is 39.2 Å². The lowest BCUT2D eigenvalue weighted by atomic mass is 10.2. The molecule has 0 aliphatic carbocycles. The van der Waals surface area contributed by atoms with Gasteiger partial charge < -0.3 is 0 Å². The van der Waals surface area contributed by atoms with E-state index in [4.69, 9.17) is 23.2 Å². The summed E-state index contributed by atoms with van der Waals surface area (Å²) in [4.78, 5) is 4.01. The molecule has 0 saturated heterocycles. The lowest BCUT2D eigenvalue weighted by molar-refractivity contribution is 0.598. The van der Waals surface area contributed by atoms with E-state index in [1.54, 1.807) is 13.8 Å². The van der Waals surface area contributed by atoms with Crippen LogP contribution in [0.15, 0.2) is 17.0 Å². The molecule has 2 aromatic rings. The van der Waals surface area contributed by atoms with E-state index < -0.39 is 10.0 Å². The maximum absolute atomic E-state index is 12.4. The largest absolute Gasteiger partial charge is 0.265 e. The molecule has 0 saturated carbocycles. The molecule has 0 radical (unpaired) electrons. The highest BCUT2D eigenvalue weighted by Crippen LogP contribution is 2.29. The Hall–Kier alpha value is -1.31. The fourth-order valence-corrected chi connectivity index (χ4v) is 3.60. The molecular weight excluding hydrogens is 335 g/mol. The quantitative estimate of drug-likeness (QED) is 0.921. The van der Waals surface area contributed by atoms with Crippen LogP contribution in [0, 0.1) is 13.8 Å². The predicted octanol–water partition coefficient (Wildman–Crippen LogP) is 3.02. The summed E-state index contributed by atoms with van der Waals surface area (Å²) in [5.74, 6) is 0.631. The molecule has 0 aliphatic heterocycles. The molecule has 9 heteroatoms. The summed E-state index contributed by atoms with van der Waals surface area (Å²) in [5, 5.41) is 4.55. The molecule has 0 fully saturated rings.